The molecule has 0 fully saturated rings. The van der Waals surface area contributed by atoms with Crippen LogP contribution in [0.5, 0.6) is 0 Å². The number of nitrogens with two attached hydrogens (primary N) is 1. The Kier molecular flexibility index (Phi) is 4.46. The number of rotatable bonds is 2. The van der Waals surface area contributed by atoms with Crippen molar-refractivity contribution in [1.29, 1.82) is 0 Å². The fraction of sp³-hybridized carbons (Fsp3) is 0.545. The van der Waals surface area contributed by atoms with Crippen molar-refractivity contribution in [3.63, 3.8) is 0 Å². The van der Waals surface area contributed by atoms with Gasteiger partial charge in [-0.15, -0.1) is 0 Å². The molecule has 2 nitrogen and oxygen atoms in total. The molecule has 0 heterocycles. The number of hydrogen-bond acceptors (Lipinski definition) is 1. The molecule has 0 unspecified atom stereocenters. The van der Waals surface area contributed by atoms with Gasteiger partial charge in [-0.25, -0.2) is 4.99 Å². The molecule has 0 aromatic rings. The van der Waals surface area contributed by atoms with Crippen molar-refractivity contribution in [2.45, 2.75) is 34.6 Å². The lowest BCUT2D eigenvalue weighted by Crippen LogP contribution is -2.07. The summed E-state index contributed by atoms with van der Waals surface area (Å²) >= 11 is 0. The standard InChI is InChI=1S/C11H20N2/c1-6-10(11(3,4)5)7-9(2)13-8-12/h6-8H,1-5H3,(H2,12,13)/b9-7-,10-6+. The number of allylic oxidation sites excluding steroid dienone is 4. The van der Waals surface area contributed by atoms with Gasteiger partial charge in [-0.3, -0.25) is 0 Å². The molecule has 0 radical (unpaired) electrons. The van der Waals surface area contributed by atoms with Gasteiger partial charge in [0.05, 0.1) is 6.34 Å². The van der Waals surface area contributed by atoms with Gasteiger partial charge < -0.3 is 5.73 Å². The predicted octanol–water partition coefficient (Wildman–Crippen LogP) is 2.87. The van der Waals surface area contributed by atoms with Crippen LogP contribution in [0.25, 0.3) is 0 Å². The van der Waals surface area contributed by atoms with Crippen LogP contribution in [0.2, 0.25) is 0 Å². The van der Waals surface area contributed by atoms with E-state index in [1.165, 1.54) is 11.9 Å². The summed E-state index contributed by atoms with van der Waals surface area (Å²) in [5.41, 5.74) is 7.58. The third kappa shape index (κ3) is 4.51. The van der Waals surface area contributed by atoms with Gasteiger partial charge in [0.1, 0.15) is 0 Å². The van der Waals surface area contributed by atoms with Crippen molar-refractivity contribution in [3.8, 4) is 0 Å². The van der Waals surface area contributed by atoms with Crippen LogP contribution >= 0.6 is 0 Å². The lowest BCUT2D eigenvalue weighted by Gasteiger charge is -2.20. The molecule has 0 spiro atoms. The van der Waals surface area contributed by atoms with Gasteiger partial charge >= 0.3 is 0 Å². The molecule has 0 rings (SSSR count). The molecular weight excluding hydrogens is 160 g/mol. The summed E-state index contributed by atoms with van der Waals surface area (Å²) in [4.78, 5) is 4.00. The quantitative estimate of drug-likeness (QED) is 0.396. The van der Waals surface area contributed by atoms with Crippen molar-refractivity contribution >= 4 is 6.34 Å². The first-order valence-corrected chi connectivity index (χ1v) is 4.51. The minimum Gasteiger partial charge on any atom is -0.390 e. The van der Waals surface area contributed by atoms with Crippen molar-refractivity contribution in [1.82, 2.24) is 0 Å². The van der Waals surface area contributed by atoms with E-state index in [1.807, 2.05) is 13.8 Å². The molecule has 0 bridgehead atoms. The minimum absolute atomic E-state index is 0.167. The zero-order valence-corrected chi connectivity index (χ0v) is 9.26. The van der Waals surface area contributed by atoms with E-state index < -0.39 is 0 Å². The second-order valence-corrected chi connectivity index (χ2v) is 4.06. The molecule has 0 aromatic heterocycles. The lowest BCUT2D eigenvalue weighted by molar-refractivity contribution is 0.515. The van der Waals surface area contributed by atoms with Gasteiger partial charge in [-0.2, -0.15) is 0 Å². The van der Waals surface area contributed by atoms with Crippen molar-refractivity contribution in [2.75, 3.05) is 0 Å². The highest BCUT2D eigenvalue weighted by Crippen LogP contribution is 2.26. The van der Waals surface area contributed by atoms with Crippen LogP contribution in [0.3, 0.4) is 0 Å². The molecule has 0 saturated heterocycles. The van der Waals surface area contributed by atoms with Gasteiger partial charge in [0.25, 0.3) is 0 Å². The van der Waals surface area contributed by atoms with E-state index in [-0.39, 0.29) is 5.41 Å². The summed E-state index contributed by atoms with van der Waals surface area (Å²) in [6.07, 6.45) is 5.49. The average Bonchev–Trinajstić information content (AvgIpc) is 1.98. The SMILES string of the molecule is C\C=C(/C=C(C)\N=C/N)C(C)(C)C. The summed E-state index contributed by atoms with van der Waals surface area (Å²) in [6, 6.07) is 0. The van der Waals surface area contributed by atoms with Crippen LogP contribution < -0.4 is 5.73 Å². The first-order chi connectivity index (χ1) is 5.91. The summed E-state index contributed by atoms with van der Waals surface area (Å²) in [7, 11) is 0. The summed E-state index contributed by atoms with van der Waals surface area (Å²) < 4.78 is 0. The van der Waals surface area contributed by atoms with Crippen LogP contribution in [-0.2, 0) is 0 Å². The van der Waals surface area contributed by atoms with Crippen LogP contribution in [0.15, 0.2) is 28.4 Å². The first kappa shape index (κ1) is 11.9. The fourth-order valence-corrected chi connectivity index (χ4v) is 1.11. The zero-order valence-electron chi connectivity index (χ0n) is 9.26. The van der Waals surface area contributed by atoms with Crippen LogP contribution in [0, 0.1) is 5.41 Å². The smallest absolute Gasteiger partial charge is 0.0856 e. The van der Waals surface area contributed by atoms with E-state index in [1.54, 1.807) is 0 Å². The van der Waals surface area contributed by atoms with Gasteiger partial charge in [-0.1, -0.05) is 26.8 Å². The highest BCUT2D eigenvalue weighted by molar-refractivity contribution is 5.53. The van der Waals surface area contributed by atoms with Crippen molar-refractivity contribution in [3.05, 3.63) is 23.4 Å². The minimum atomic E-state index is 0.167. The van der Waals surface area contributed by atoms with E-state index in [0.717, 1.165) is 5.70 Å². The Hall–Kier alpha value is -1.05. The zero-order chi connectivity index (χ0) is 10.5. The Morgan fingerprint density at radius 2 is 1.85 bits per heavy atom. The molecule has 0 aliphatic rings. The molecule has 13 heavy (non-hydrogen) atoms. The third-order valence-electron chi connectivity index (χ3n) is 1.82. The second kappa shape index (κ2) is 4.85. The largest absolute Gasteiger partial charge is 0.390 e. The van der Waals surface area contributed by atoms with Gasteiger partial charge in [0.15, 0.2) is 0 Å². The molecule has 74 valence electrons. The van der Waals surface area contributed by atoms with Crippen LogP contribution in [0.4, 0.5) is 0 Å². The van der Waals surface area contributed by atoms with Crippen LogP contribution in [0.1, 0.15) is 34.6 Å². The van der Waals surface area contributed by atoms with Gasteiger partial charge in [0.2, 0.25) is 0 Å². The number of nitrogens with zero attached hydrogens (tertiary/aromatic N) is 1. The molecule has 0 amide bonds. The molecule has 0 aliphatic carbocycles. The summed E-state index contributed by atoms with van der Waals surface area (Å²) in [6.45, 7) is 10.5. The van der Waals surface area contributed by atoms with E-state index in [0.29, 0.717) is 0 Å². The first-order valence-electron chi connectivity index (χ1n) is 4.51. The Labute approximate surface area is 81.2 Å². The number of hydrogen-bond donors (Lipinski definition) is 1. The molecule has 0 saturated carbocycles. The van der Waals surface area contributed by atoms with Crippen LogP contribution in [-0.4, -0.2) is 6.34 Å². The predicted molar refractivity (Wildman–Crippen MR) is 59.6 cm³/mol. The maximum atomic E-state index is 5.20. The lowest BCUT2D eigenvalue weighted by atomic mass is 9.86. The van der Waals surface area contributed by atoms with E-state index >= 15 is 0 Å². The molecule has 0 aliphatic heterocycles. The second-order valence-electron chi connectivity index (χ2n) is 4.06. The normalized spacial score (nSPS) is 15.5. The summed E-state index contributed by atoms with van der Waals surface area (Å²) in [5, 5.41) is 0. The Morgan fingerprint density at radius 1 is 1.31 bits per heavy atom. The topological polar surface area (TPSA) is 38.4 Å². The molecule has 0 atom stereocenters. The Bertz CT molecular complexity index is 239. The van der Waals surface area contributed by atoms with Crippen molar-refractivity contribution < 1.29 is 0 Å². The third-order valence-corrected chi connectivity index (χ3v) is 1.82. The highest BCUT2D eigenvalue weighted by atomic mass is 14.8. The maximum absolute atomic E-state index is 5.20. The fourth-order valence-electron chi connectivity index (χ4n) is 1.11. The summed E-state index contributed by atoms with van der Waals surface area (Å²) in [5.74, 6) is 0. The van der Waals surface area contributed by atoms with E-state index in [2.05, 4.69) is 37.9 Å². The Morgan fingerprint density at radius 3 is 2.15 bits per heavy atom. The monoisotopic (exact) mass is 180 g/mol. The van der Waals surface area contributed by atoms with Gasteiger partial charge in [-0.05, 0) is 30.9 Å². The number of aliphatic imine (C=N–C) groups is 1. The van der Waals surface area contributed by atoms with E-state index in [4.69, 9.17) is 5.73 Å². The maximum Gasteiger partial charge on any atom is 0.0856 e. The molecule has 2 heteroatoms. The molecule has 2 N–H and O–H groups in total. The van der Waals surface area contributed by atoms with Gasteiger partial charge in [0, 0.05) is 5.70 Å². The van der Waals surface area contributed by atoms with E-state index in [9.17, 15) is 0 Å². The Balaban J connectivity index is 4.76. The average molecular weight is 180 g/mol. The highest BCUT2D eigenvalue weighted by Gasteiger charge is 2.13. The molecular formula is C11H20N2. The van der Waals surface area contributed by atoms with Crippen molar-refractivity contribution in [2.24, 2.45) is 16.1 Å². The molecule has 0 aromatic carbocycles.